The van der Waals surface area contributed by atoms with Crippen LogP contribution in [0.25, 0.3) is 10.2 Å². The van der Waals surface area contributed by atoms with Crippen LogP contribution in [0, 0.1) is 6.92 Å². The third kappa shape index (κ3) is 3.71. The number of hydrogen-bond acceptors (Lipinski definition) is 6. The predicted molar refractivity (Wildman–Crippen MR) is 113 cm³/mol. The Balaban J connectivity index is 1.68. The van der Waals surface area contributed by atoms with E-state index in [4.69, 9.17) is 16.3 Å². The van der Waals surface area contributed by atoms with Gasteiger partial charge in [0, 0.05) is 12.6 Å². The number of rotatable bonds is 4. The van der Waals surface area contributed by atoms with Crippen molar-refractivity contribution in [2.45, 2.75) is 45.8 Å². The van der Waals surface area contributed by atoms with Crippen molar-refractivity contribution in [3.05, 3.63) is 51.6 Å². The fraction of sp³-hybridized carbons (Fsp3) is 0.381. The van der Waals surface area contributed by atoms with Crippen molar-refractivity contribution in [3.8, 4) is 0 Å². The molecular weight excluding hydrogens is 394 g/mol. The number of piperidine rings is 1. The molecule has 2 aromatic heterocycles. The molecule has 0 N–H and O–H groups in total. The highest BCUT2D eigenvalue weighted by Gasteiger charge is 2.27. The molecule has 1 aliphatic heterocycles. The molecule has 3 heterocycles. The third-order valence-corrected chi connectivity index (χ3v) is 6.55. The molecule has 0 amide bonds. The zero-order chi connectivity index (χ0) is 19.7. The molecule has 0 bridgehead atoms. The topological polar surface area (TPSA) is 55.3 Å². The summed E-state index contributed by atoms with van der Waals surface area (Å²) in [5, 5.41) is 1.13. The van der Waals surface area contributed by atoms with Crippen LogP contribution in [0.4, 0.5) is 5.82 Å². The molecule has 0 radical (unpaired) electrons. The quantitative estimate of drug-likeness (QED) is 0.422. The number of ether oxygens (including phenoxy) is 1. The van der Waals surface area contributed by atoms with Crippen molar-refractivity contribution in [1.82, 2.24) is 9.97 Å². The van der Waals surface area contributed by atoms with E-state index in [9.17, 15) is 4.79 Å². The van der Waals surface area contributed by atoms with Gasteiger partial charge in [-0.05, 0) is 55.8 Å². The Kier molecular flexibility index (Phi) is 5.51. The van der Waals surface area contributed by atoms with E-state index in [1.807, 2.05) is 37.3 Å². The summed E-state index contributed by atoms with van der Waals surface area (Å²) < 4.78 is 5.54. The molecule has 28 heavy (non-hydrogen) atoms. The molecule has 1 atom stereocenters. The second-order valence-electron chi connectivity index (χ2n) is 7.15. The minimum absolute atomic E-state index is 0.214. The van der Waals surface area contributed by atoms with Gasteiger partial charge in [0.1, 0.15) is 22.1 Å². The average molecular weight is 416 g/mol. The molecule has 1 saturated heterocycles. The first-order valence-corrected chi connectivity index (χ1v) is 10.7. The fourth-order valence-corrected chi connectivity index (χ4v) is 4.98. The van der Waals surface area contributed by atoms with Gasteiger partial charge in [-0.25, -0.2) is 9.78 Å². The lowest BCUT2D eigenvalue weighted by Gasteiger charge is -2.34. The van der Waals surface area contributed by atoms with Crippen LogP contribution in [0.3, 0.4) is 0 Å². The van der Waals surface area contributed by atoms with E-state index < -0.39 is 0 Å². The fourth-order valence-electron chi connectivity index (χ4n) is 3.70. The molecule has 1 unspecified atom stereocenters. The number of halogens is 1. The zero-order valence-electron chi connectivity index (χ0n) is 15.9. The number of thiophene rings is 1. The van der Waals surface area contributed by atoms with Crippen LogP contribution in [0.15, 0.2) is 30.3 Å². The highest BCUT2D eigenvalue weighted by Crippen LogP contribution is 2.38. The van der Waals surface area contributed by atoms with Crippen LogP contribution in [0.5, 0.6) is 0 Å². The predicted octanol–water partition coefficient (Wildman–Crippen LogP) is 5.39. The Morgan fingerprint density at radius 3 is 2.82 bits per heavy atom. The van der Waals surface area contributed by atoms with Gasteiger partial charge >= 0.3 is 5.97 Å². The lowest BCUT2D eigenvalue weighted by Crippen LogP contribution is -2.38. The maximum atomic E-state index is 12.7. The minimum Gasteiger partial charge on any atom is -0.457 e. The van der Waals surface area contributed by atoms with Crippen LogP contribution >= 0.6 is 22.9 Å². The number of anilines is 1. The smallest absolute Gasteiger partial charge is 0.349 e. The third-order valence-electron chi connectivity index (χ3n) is 5.22. The Labute approximate surface area is 173 Å². The second kappa shape index (κ2) is 8.05. The minimum atomic E-state index is -0.335. The Bertz CT molecular complexity index is 1010. The number of nitrogens with zero attached hydrogens (tertiary/aromatic N) is 3. The van der Waals surface area contributed by atoms with Crippen LogP contribution in [-0.4, -0.2) is 28.5 Å². The van der Waals surface area contributed by atoms with Crippen LogP contribution < -0.4 is 4.90 Å². The summed E-state index contributed by atoms with van der Waals surface area (Å²) in [5.74, 6) is 0.496. The van der Waals surface area contributed by atoms with E-state index in [2.05, 4.69) is 21.8 Å². The Hall–Kier alpha value is -2.18. The molecule has 0 spiro atoms. The molecule has 7 heteroatoms. The molecule has 146 valence electrons. The first-order valence-electron chi connectivity index (χ1n) is 9.49. The van der Waals surface area contributed by atoms with Crippen LogP contribution in [0.1, 0.15) is 47.0 Å². The number of carbonyl (C=O) groups is 1. The van der Waals surface area contributed by atoms with Crippen molar-refractivity contribution < 1.29 is 9.53 Å². The monoisotopic (exact) mass is 415 g/mol. The van der Waals surface area contributed by atoms with Crippen molar-refractivity contribution in [1.29, 1.82) is 0 Å². The molecule has 4 rings (SSSR count). The summed E-state index contributed by atoms with van der Waals surface area (Å²) >= 11 is 7.54. The molecule has 3 aromatic rings. The number of benzene rings is 1. The number of hydrogen-bond donors (Lipinski definition) is 0. The lowest BCUT2D eigenvalue weighted by molar-refractivity contribution is 0.0478. The SMILES string of the molecule is Cc1c(C(=O)OCc2ccccc2)sc2nc(Cl)nc(N3CCCCC3C)c12. The highest BCUT2D eigenvalue weighted by atomic mass is 35.5. The van der Waals surface area contributed by atoms with E-state index in [1.54, 1.807) is 0 Å². The first-order chi connectivity index (χ1) is 13.5. The van der Waals surface area contributed by atoms with Gasteiger partial charge in [0.25, 0.3) is 0 Å². The zero-order valence-corrected chi connectivity index (χ0v) is 17.5. The summed E-state index contributed by atoms with van der Waals surface area (Å²) in [7, 11) is 0. The van der Waals surface area contributed by atoms with E-state index in [-0.39, 0.29) is 17.9 Å². The van der Waals surface area contributed by atoms with E-state index >= 15 is 0 Å². The molecule has 1 fully saturated rings. The number of esters is 1. The van der Waals surface area contributed by atoms with Gasteiger partial charge in [-0.15, -0.1) is 11.3 Å². The van der Waals surface area contributed by atoms with Gasteiger partial charge in [-0.3, -0.25) is 0 Å². The maximum Gasteiger partial charge on any atom is 0.349 e. The van der Waals surface area contributed by atoms with Crippen LogP contribution in [0.2, 0.25) is 5.28 Å². The summed E-state index contributed by atoms with van der Waals surface area (Å²) in [6.07, 6.45) is 3.47. The summed E-state index contributed by atoms with van der Waals surface area (Å²) in [5.41, 5.74) is 1.82. The molecule has 0 aliphatic carbocycles. The lowest BCUT2D eigenvalue weighted by atomic mass is 10.0. The number of aromatic nitrogens is 2. The summed E-state index contributed by atoms with van der Waals surface area (Å²) in [4.78, 5) is 25.2. The number of aryl methyl sites for hydroxylation is 1. The van der Waals surface area contributed by atoms with Gasteiger partial charge in [0.15, 0.2) is 0 Å². The van der Waals surface area contributed by atoms with Crippen molar-refractivity contribution in [2.75, 3.05) is 11.4 Å². The van der Waals surface area contributed by atoms with Crippen molar-refractivity contribution in [2.24, 2.45) is 0 Å². The van der Waals surface area contributed by atoms with Gasteiger partial charge < -0.3 is 9.64 Å². The normalized spacial score (nSPS) is 17.1. The maximum absolute atomic E-state index is 12.7. The standard InChI is InChI=1S/C21H22ClN3O2S/c1-13-8-6-7-11-25(13)18-16-14(2)17(28-19(16)24-21(22)23-18)20(26)27-12-15-9-4-3-5-10-15/h3-5,9-10,13H,6-8,11-12H2,1-2H3. The van der Waals surface area contributed by atoms with Crippen molar-refractivity contribution >= 4 is 44.9 Å². The number of fused-ring (bicyclic) bond motifs is 1. The first kappa shape index (κ1) is 19.2. The van der Waals surface area contributed by atoms with Gasteiger partial charge in [0.2, 0.25) is 5.28 Å². The average Bonchev–Trinajstić information content (AvgIpc) is 3.03. The van der Waals surface area contributed by atoms with Gasteiger partial charge in [-0.2, -0.15) is 4.98 Å². The summed E-state index contributed by atoms with van der Waals surface area (Å²) in [6.45, 7) is 5.33. The van der Waals surface area contributed by atoms with Crippen LogP contribution in [-0.2, 0) is 11.3 Å². The molecular formula is C21H22ClN3O2S. The Morgan fingerprint density at radius 1 is 1.29 bits per heavy atom. The molecule has 5 nitrogen and oxygen atoms in total. The largest absolute Gasteiger partial charge is 0.457 e. The van der Waals surface area contributed by atoms with Gasteiger partial charge in [0.05, 0.1) is 5.39 Å². The Morgan fingerprint density at radius 2 is 2.07 bits per heavy atom. The summed E-state index contributed by atoms with van der Waals surface area (Å²) in [6, 6.07) is 10.1. The number of carbonyl (C=O) groups excluding carboxylic acids is 1. The molecule has 1 aliphatic rings. The van der Waals surface area contributed by atoms with E-state index in [0.29, 0.717) is 10.9 Å². The highest BCUT2D eigenvalue weighted by molar-refractivity contribution is 7.20. The second-order valence-corrected chi connectivity index (χ2v) is 8.49. The molecule has 0 saturated carbocycles. The van der Waals surface area contributed by atoms with Crippen molar-refractivity contribution in [3.63, 3.8) is 0 Å². The van der Waals surface area contributed by atoms with Gasteiger partial charge in [-0.1, -0.05) is 30.3 Å². The molecule has 1 aromatic carbocycles. The van der Waals surface area contributed by atoms with E-state index in [1.165, 1.54) is 17.8 Å². The van der Waals surface area contributed by atoms with E-state index in [0.717, 1.165) is 46.5 Å².